The highest BCUT2D eigenvalue weighted by molar-refractivity contribution is 8.00. The van der Waals surface area contributed by atoms with E-state index >= 15 is 0 Å². The average Bonchev–Trinajstić information content (AvgIpc) is 3.18. The predicted octanol–water partition coefficient (Wildman–Crippen LogP) is 4.48. The molecule has 2 atom stereocenters. The molecule has 3 aromatic rings. The van der Waals surface area contributed by atoms with Crippen molar-refractivity contribution in [1.82, 2.24) is 10.2 Å². The summed E-state index contributed by atoms with van der Waals surface area (Å²) < 4.78 is 29.5. The molecule has 29 heavy (non-hydrogen) atoms. The maximum atomic E-state index is 13.0. The van der Waals surface area contributed by atoms with Gasteiger partial charge in [0.05, 0.1) is 18.0 Å². The fourth-order valence-electron chi connectivity index (χ4n) is 2.39. The molecule has 0 saturated carbocycles. The number of hydrogen-bond donors (Lipinski definition) is 1. The molecule has 0 fully saturated rings. The number of anilines is 1. The lowest BCUT2D eigenvalue weighted by molar-refractivity contribution is -0.115. The van der Waals surface area contributed by atoms with Crippen LogP contribution in [0.4, 0.5) is 10.1 Å². The molecule has 1 amide bonds. The number of para-hydroxylation sites is 2. The van der Waals surface area contributed by atoms with E-state index in [2.05, 4.69) is 15.5 Å². The van der Waals surface area contributed by atoms with E-state index in [-0.39, 0.29) is 22.8 Å². The highest BCUT2D eigenvalue weighted by atomic mass is 32.2. The van der Waals surface area contributed by atoms with Crippen LogP contribution in [0.15, 0.2) is 58.2 Å². The molecule has 2 unspecified atom stereocenters. The van der Waals surface area contributed by atoms with Gasteiger partial charge in [0.2, 0.25) is 5.91 Å². The second-order valence-electron chi connectivity index (χ2n) is 6.07. The van der Waals surface area contributed by atoms with Crippen molar-refractivity contribution in [2.45, 2.75) is 30.4 Å². The lowest BCUT2D eigenvalue weighted by Crippen LogP contribution is -2.22. The minimum absolute atomic E-state index is 0.227. The zero-order chi connectivity index (χ0) is 20.8. The van der Waals surface area contributed by atoms with Gasteiger partial charge in [-0.2, -0.15) is 0 Å². The van der Waals surface area contributed by atoms with Crippen LogP contribution in [0.2, 0.25) is 0 Å². The number of methoxy groups -OCH3 is 1. The van der Waals surface area contributed by atoms with Gasteiger partial charge in [0.1, 0.15) is 17.3 Å². The Kier molecular flexibility index (Phi) is 6.71. The third kappa shape index (κ3) is 5.47. The number of nitrogens with zero attached hydrogens (tertiary/aromatic N) is 2. The van der Waals surface area contributed by atoms with Crippen molar-refractivity contribution < 1.29 is 23.1 Å². The number of thioether (sulfide) groups is 1. The minimum Gasteiger partial charge on any atom is -0.495 e. The number of amides is 1. The average molecular weight is 417 g/mol. The molecule has 2 aromatic carbocycles. The summed E-state index contributed by atoms with van der Waals surface area (Å²) in [5.74, 6) is 0.742. The van der Waals surface area contributed by atoms with Crippen LogP contribution in [0.5, 0.6) is 11.5 Å². The number of rotatable bonds is 8. The van der Waals surface area contributed by atoms with Crippen molar-refractivity contribution >= 4 is 23.4 Å². The molecule has 1 heterocycles. The van der Waals surface area contributed by atoms with Crippen LogP contribution < -0.4 is 14.8 Å². The Balaban J connectivity index is 1.58. The van der Waals surface area contributed by atoms with Gasteiger partial charge in [-0.25, -0.2) is 4.39 Å². The summed E-state index contributed by atoms with van der Waals surface area (Å²) in [5.41, 5.74) is 0.583. The first-order chi connectivity index (χ1) is 14.0. The van der Waals surface area contributed by atoms with Crippen molar-refractivity contribution in [2.75, 3.05) is 12.4 Å². The summed E-state index contributed by atoms with van der Waals surface area (Å²) in [6.07, 6.45) is -0.528. The summed E-state index contributed by atoms with van der Waals surface area (Å²) in [4.78, 5) is 12.5. The second-order valence-corrected chi connectivity index (χ2v) is 7.36. The molecule has 0 saturated heterocycles. The van der Waals surface area contributed by atoms with Gasteiger partial charge < -0.3 is 19.2 Å². The van der Waals surface area contributed by atoms with Gasteiger partial charge in [-0.3, -0.25) is 4.79 Å². The number of benzene rings is 2. The van der Waals surface area contributed by atoms with Crippen LogP contribution in [-0.2, 0) is 4.79 Å². The Morgan fingerprint density at radius 2 is 1.86 bits per heavy atom. The Bertz CT molecular complexity index is 964. The largest absolute Gasteiger partial charge is 0.495 e. The van der Waals surface area contributed by atoms with Crippen LogP contribution in [0.1, 0.15) is 25.8 Å². The standard InChI is InChI=1S/C20H20FN3O4S/c1-12(27-15-10-8-14(21)9-11-15)19-23-24-20(28-19)29-13(2)18(25)22-16-6-4-5-7-17(16)26-3/h4-13H,1-3H3,(H,22,25). The van der Waals surface area contributed by atoms with E-state index in [1.807, 2.05) is 12.1 Å². The number of nitrogens with one attached hydrogen (secondary N) is 1. The molecule has 3 rings (SSSR count). The molecule has 7 nitrogen and oxygen atoms in total. The smallest absolute Gasteiger partial charge is 0.277 e. The fourth-order valence-corrected chi connectivity index (χ4v) is 3.08. The first-order valence-electron chi connectivity index (χ1n) is 8.82. The lowest BCUT2D eigenvalue weighted by Gasteiger charge is -2.12. The molecule has 152 valence electrons. The predicted molar refractivity (Wildman–Crippen MR) is 107 cm³/mol. The second kappa shape index (κ2) is 9.42. The number of carbonyl (C=O) groups excluding carboxylic acids is 1. The summed E-state index contributed by atoms with van der Waals surface area (Å²) in [6.45, 7) is 3.47. The van der Waals surface area contributed by atoms with Crippen LogP contribution in [-0.4, -0.2) is 28.5 Å². The van der Waals surface area contributed by atoms with Crippen molar-refractivity contribution in [3.05, 3.63) is 60.2 Å². The van der Waals surface area contributed by atoms with E-state index < -0.39 is 11.4 Å². The van der Waals surface area contributed by atoms with Crippen molar-refractivity contribution in [3.63, 3.8) is 0 Å². The maximum Gasteiger partial charge on any atom is 0.277 e. The van der Waals surface area contributed by atoms with Gasteiger partial charge in [0, 0.05) is 0 Å². The van der Waals surface area contributed by atoms with E-state index in [0.29, 0.717) is 17.2 Å². The van der Waals surface area contributed by atoms with Gasteiger partial charge in [-0.1, -0.05) is 23.9 Å². The van der Waals surface area contributed by atoms with Gasteiger partial charge in [-0.15, -0.1) is 10.2 Å². The number of halogens is 1. The number of aromatic nitrogens is 2. The number of hydrogen-bond acceptors (Lipinski definition) is 7. The summed E-state index contributed by atoms with van der Waals surface area (Å²) in [7, 11) is 1.54. The van der Waals surface area contributed by atoms with E-state index in [1.54, 1.807) is 26.0 Å². The van der Waals surface area contributed by atoms with Crippen LogP contribution in [0.25, 0.3) is 0 Å². The molecule has 0 radical (unpaired) electrons. The topological polar surface area (TPSA) is 86.5 Å². The first kappa shape index (κ1) is 20.7. The SMILES string of the molecule is COc1ccccc1NC(=O)C(C)Sc1nnc(C(C)Oc2ccc(F)cc2)o1. The zero-order valence-corrected chi connectivity index (χ0v) is 16.9. The van der Waals surface area contributed by atoms with Crippen molar-refractivity contribution in [2.24, 2.45) is 0 Å². The third-order valence-electron chi connectivity index (χ3n) is 3.91. The van der Waals surface area contributed by atoms with Crippen molar-refractivity contribution in [3.8, 4) is 11.5 Å². The zero-order valence-electron chi connectivity index (χ0n) is 16.1. The maximum absolute atomic E-state index is 13.0. The molecule has 0 aliphatic rings. The van der Waals surface area contributed by atoms with Crippen LogP contribution in [0, 0.1) is 5.82 Å². The molecule has 1 aromatic heterocycles. The van der Waals surface area contributed by atoms with Crippen molar-refractivity contribution in [1.29, 1.82) is 0 Å². The van der Waals surface area contributed by atoms with Gasteiger partial charge in [-0.05, 0) is 50.2 Å². The Labute approximate surface area is 171 Å². The highest BCUT2D eigenvalue weighted by Gasteiger charge is 2.21. The fraction of sp³-hybridized carbons (Fsp3) is 0.250. The van der Waals surface area contributed by atoms with E-state index in [4.69, 9.17) is 13.9 Å². The third-order valence-corrected chi connectivity index (χ3v) is 4.84. The van der Waals surface area contributed by atoms with E-state index in [0.717, 1.165) is 11.8 Å². The lowest BCUT2D eigenvalue weighted by atomic mass is 10.3. The highest BCUT2D eigenvalue weighted by Crippen LogP contribution is 2.28. The Hall–Kier alpha value is -3.07. The van der Waals surface area contributed by atoms with E-state index in [9.17, 15) is 9.18 Å². The molecule has 0 spiro atoms. The number of ether oxygens (including phenoxy) is 2. The summed E-state index contributed by atoms with van der Waals surface area (Å²) >= 11 is 1.13. The quantitative estimate of drug-likeness (QED) is 0.541. The Morgan fingerprint density at radius 3 is 2.59 bits per heavy atom. The molecule has 1 N–H and O–H groups in total. The summed E-state index contributed by atoms with van der Waals surface area (Å²) in [6, 6.07) is 12.8. The molecular formula is C20H20FN3O4S. The summed E-state index contributed by atoms with van der Waals surface area (Å²) in [5, 5.41) is 10.5. The van der Waals surface area contributed by atoms with Gasteiger partial charge in [0.25, 0.3) is 11.1 Å². The first-order valence-corrected chi connectivity index (χ1v) is 9.70. The molecule has 0 aliphatic carbocycles. The number of carbonyl (C=O) groups is 1. The monoisotopic (exact) mass is 417 g/mol. The molecule has 9 heteroatoms. The molecule has 0 bridgehead atoms. The Morgan fingerprint density at radius 1 is 1.14 bits per heavy atom. The van der Waals surface area contributed by atoms with Crippen LogP contribution in [0.3, 0.4) is 0 Å². The van der Waals surface area contributed by atoms with Gasteiger partial charge >= 0.3 is 0 Å². The molecule has 0 aliphatic heterocycles. The van der Waals surface area contributed by atoms with E-state index in [1.165, 1.54) is 31.4 Å². The van der Waals surface area contributed by atoms with Gasteiger partial charge in [0.15, 0.2) is 6.10 Å². The minimum atomic E-state index is -0.528. The normalized spacial score (nSPS) is 12.8. The molecular weight excluding hydrogens is 397 g/mol. The van der Waals surface area contributed by atoms with Crippen LogP contribution >= 0.6 is 11.8 Å².